The summed E-state index contributed by atoms with van der Waals surface area (Å²) in [6, 6.07) is 9.74. The van der Waals surface area contributed by atoms with Crippen LogP contribution in [0.1, 0.15) is 30.3 Å². The van der Waals surface area contributed by atoms with Crippen molar-refractivity contribution in [3.63, 3.8) is 0 Å². The Morgan fingerprint density at radius 3 is 2.97 bits per heavy atom. The second kappa shape index (κ2) is 7.36. The van der Waals surface area contributed by atoms with Crippen molar-refractivity contribution >= 4 is 39.4 Å². The van der Waals surface area contributed by atoms with Crippen molar-refractivity contribution in [2.24, 2.45) is 5.92 Å². The summed E-state index contributed by atoms with van der Waals surface area (Å²) in [5.74, 6) is 0.356. The molecule has 170 valence electrons. The van der Waals surface area contributed by atoms with Gasteiger partial charge in [0.05, 0.1) is 22.3 Å². The number of nitrogen functional groups attached to an aromatic ring is 1. The zero-order valence-electron chi connectivity index (χ0n) is 18.0. The largest absolute Gasteiger partial charge is 0.385 e. The van der Waals surface area contributed by atoms with Gasteiger partial charge in [-0.25, -0.2) is 15.0 Å². The fraction of sp³-hybridized carbons (Fsp3) is 0.375. The van der Waals surface area contributed by atoms with Gasteiger partial charge in [0, 0.05) is 17.0 Å². The molecule has 1 aliphatic heterocycles. The number of nitrogens with zero attached hydrogens (tertiary/aromatic N) is 4. The normalized spacial score (nSPS) is 29.2. The maximum Gasteiger partial charge on any atom is 0.164 e. The van der Waals surface area contributed by atoms with Crippen LogP contribution in [-0.2, 0) is 11.2 Å². The molecule has 1 aliphatic carbocycles. The molecule has 33 heavy (non-hydrogen) atoms. The number of aliphatic hydroxyl groups excluding tert-OH is 1. The van der Waals surface area contributed by atoms with Crippen LogP contribution in [0.5, 0.6) is 0 Å². The average Bonchev–Trinajstić information content (AvgIpc) is 3.42. The molecule has 6 rings (SSSR count). The Labute approximate surface area is 195 Å². The highest BCUT2D eigenvalue weighted by Crippen LogP contribution is 2.50. The Balaban J connectivity index is 1.29. The molecular weight excluding hydrogens is 442 g/mol. The maximum atomic E-state index is 11.4. The third-order valence-electron chi connectivity index (χ3n) is 7.25. The Morgan fingerprint density at radius 2 is 2.12 bits per heavy atom. The average molecular weight is 466 g/mol. The molecule has 1 unspecified atom stereocenters. The molecule has 1 saturated carbocycles. The van der Waals surface area contributed by atoms with Gasteiger partial charge < -0.3 is 25.3 Å². The van der Waals surface area contributed by atoms with Crippen molar-refractivity contribution < 1.29 is 14.9 Å². The number of aliphatic hydroxyl groups is 2. The highest BCUT2D eigenvalue weighted by molar-refractivity contribution is 6.33. The Morgan fingerprint density at radius 1 is 1.27 bits per heavy atom. The Kier molecular flexibility index (Phi) is 4.64. The lowest BCUT2D eigenvalue weighted by Gasteiger charge is -2.26. The van der Waals surface area contributed by atoms with Crippen LogP contribution >= 0.6 is 11.6 Å². The lowest BCUT2D eigenvalue weighted by molar-refractivity contribution is -0.0675. The van der Waals surface area contributed by atoms with Gasteiger partial charge in [-0.3, -0.25) is 0 Å². The first-order valence-corrected chi connectivity index (χ1v) is 11.4. The standard InChI is InChI=1S/C24H24ClN5O3/c1-12-16-5-7-30(22(16)28-11-27-12)23-19(31)24(32)6-4-15(20(24)33-23)8-13-2-3-14-10-17(25)21(26)29-18(14)9-13/h2-3,5,7,9-11,15,19-20,23,31-32H,4,6,8H2,1H3,(H2,26,29)/t15-,19?,20-,23-,24+/m1/s1. The number of nitrogens with two attached hydrogens (primary N) is 1. The van der Waals surface area contributed by atoms with Gasteiger partial charge >= 0.3 is 0 Å². The quantitative estimate of drug-likeness (QED) is 0.425. The van der Waals surface area contributed by atoms with Crippen molar-refractivity contribution in [2.45, 2.75) is 50.2 Å². The molecule has 0 amide bonds. The van der Waals surface area contributed by atoms with E-state index < -0.39 is 24.0 Å². The topological polar surface area (TPSA) is 119 Å². The summed E-state index contributed by atoms with van der Waals surface area (Å²) in [6.07, 6.45) is 3.01. The van der Waals surface area contributed by atoms with E-state index in [-0.39, 0.29) is 5.92 Å². The monoisotopic (exact) mass is 465 g/mol. The molecule has 3 aromatic heterocycles. The number of fused-ring (bicyclic) bond motifs is 3. The molecule has 1 saturated heterocycles. The molecule has 0 bridgehead atoms. The highest BCUT2D eigenvalue weighted by atomic mass is 35.5. The number of aryl methyl sites for hydroxylation is 1. The van der Waals surface area contributed by atoms with Crippen LogP contribution in [0.15, 0.2) is 42.9 Å². The first-order valence-electron chi connectivity index (χ1n) is 11.0. The third-order valence-corrected chi connectivity index (χ3v) is 7.55. The van der Waals surface area contributed by atoms with E-state index in [9.17, 15) is 10.2 Å². The molecule has 2 aliphatic rings. The molecule has 2 fully saturated rings. The van der Waals surface area contributed by atoms with E-state index in [1.54, 1.807) is 4.57 Å². The molecular formula is C24H24ClN5O3. The van der Waals surface area contributed by atoms with E-state index in [1.165, 1.54) is 6.33 Å². The SMILES string of the molecule is Cc1ncnc2c1ccn2[C@@H]1O[C@@H]2[C@@H](Cc3ccc4cc(Cl)c(N)nc4c3)CC[C@]2(O)C1O. The van der Waals surface area contributed by atoms with Gasteiger partial charge in [-0.1, -0.05) is 23.7 Å². The summed E-state index contributed by atoms with van der Waals surface area (Å²) < 4.78 is 8.15. The number of anilines is 1. The summed E-state index contributed by atoms with van der Waals surface area (Å²) in [5, 5.41) is 24.8. The van der Waals surface area contributed by atoms with E-state index in [0.717, 1.165) is 34.0 Å². The molecule has 0 radical (unpaired) electrons. The lowest BCUT2D eigenvalue weighted by atomic mass is 9.90. The maximum absolute atomic E-state index is 11.4. The zero-order valence-corrected chi connectivity index (χ0v) is 18.8. The molecule has 1 aromatic carbocycles. The third kappa shape index (κ3) is 3.13. The number of halogens is 1. The van der Waals surface area contributed by atoms with Gasteiger partial charge in [0.2, 0.25) is 0 Å². The molecule has 9 heteroatoms. The van der Waals surface area contributed by atoms with E-state index >= 15 is 0 Å². The predicted octanol–water partition coefficient (Wildman–Crippen LogP) is 3.17. The first kappa shape index (κ1) is 20.8. The van der Waals surface area contributed by atoms with E-state index in [4.69, 9.17) is 22.1 Å². The second-order valence-corrected chi connectivity index (χ2v) is 9.60. The van der Waals surface area contributed by atoms with Crippen molar-refractivity contribution in [2.75, 3.05) is 5.73 Å². The van der Waals surface area contributed by atoms with Crippen LogP contribution in [0, 0.1) is 12.8 Å². The van der Waals surface area contributed by atoms with Crippen LogP contribution < -0.4 is 5.73 Å². The van der Waals surface area contributed by atoms with Crippen LogP contribution in [-0.4, -0.2) is 47.5 Å². The summed E-state index contributed by atoms with van der Waals surface area (Å²) in [5.41, 5.74) is 7.96. The van der Waals surface area contributed by atoms with Crippen molar-refractivity contribution in [1.29, 1.82) is 0 Å². The van der Waals surface area contributed by atoms with Gasteiger partial charge in [0.15, 0.2) is 6.23 Å². The molecule has 4 aromatic rings. The number of ether oxygens (including phenoxy) is 1. The van der Waals surface area contributed by atoms with Crippen LogP contribution in [0.25, 0.3) is 21.9 Å². The molecule has 4 N–H and O–H groups in total. The van der Waals surface area contributed by atoms with Gasteiger partial charge in [0.1, 0.15) is 29.5 Å². The Hall–Kier alpha value is -2.78. The molecule has 5 atom stereocenters. The second-order valence-electron chi connectivity index (χ2n) is 9.19. The summed E-state index contributed by atoms with van der Waals surface area (Å²) >= 11 is 6.09. The lowest BCUT2D eigenvalue weighted by Crippen LogP contribution is -2.45. The number of hydrogen-bond donors (Lipinski definition) is 3. The molecule has 8 nitrogen and oxygen atoms in total. The zero-order chi connectivity index (χ0) is 22.9. The van der Waals surface area contributed by atoms with E-state index in [0.29, 0.717) is 29.3 Å². The van der Waals surface area contributed by atoms with E-state index in [1.807, 2.05) is 43.5 Å². The minimum absolute atomic E-state index is 0.0509. The number of pyridine rings is 1. The molecule has 0 spiro atoms. The van der Waals surface area contributed by atoms with Crippen LogP contribution in [0.4, 0.5) is 5.82 Å². The van der Waals surface area contributed by atoms with Gasteiger partial charge in [-0.15, -0.1) is 0 Å². The van der Waals surface area contributed by atoms with Crippen LogP contribution in [0.3, 0.4) is 0 Å². The highest BCUT2D eigenvalue weighted by Gasteiger charge is 2.61. The first-order chi connectivity index (χ1) is 15.8. The summed E-state index contributed by atoms with van der Waals surface area (Å²) in [4.78, 5) is 13.0. The summed E-state index contributed by atoms with van der Waals surface area (Å²) in [6.45, 7) is 1.92. The van der Waals surface area contributed by atoms with Gasteiger partial charge in [-0.05, 0) is 55.9 Å². The predicted molar refractivity (Wildman–Crippen MR) is 125 cm³/mol. The van der Waals surface area contributed by atoms with E-state index in [2.05, 4.69) is 15.0 Å². The van der Waals surface area contributed by atoms with Crippen molar-refractivity contribution in [3.05, 3.63) is 59.1 Å². The van der Waals surface area contributed by atoms with Gasteiger partial charge in [0.25, 0.3) is 0 Å². The number of hydrogen-bond acceptors (Lipinski definition) is 7. The van der Waals surface area contributed by atoms with Crippen molar-refractivity contribution in [3.8, 4) is 0 Å². The minimum atomic E-state index is -1.30. The minimum Gasteiger partial charge on any atom is -0.385 e. The fourth-order valence-electron chi connectivity index (χ4n) is 5.50. The summed E-state index contributed by atoms with van der Waals surface area (Å²) in [7, 11) is 0. The van der Waals surface area contributed by atoms with Crippen LogP contribution in [0.2, 0.25) is 5.02 Å². The van der Waals surface area contributed by atoms with Crippen molar-refractivity contribution in [1.82, 2.24) is 19.5 Å². The smallest absolute Gasteiger partial charge is 0.164 e. The van der Waals surface area contributed by atoms with Gasteiger partial charge in [-0.2, -0.15) is 0 Å². The fourth-order valence-corrected chi connectivity index (χ4v) is 5.66. The molecule has 4 heterocycles. The number of rotatable bonds is 3. The number of aromatic nitrogens is 4. The number of benzene rings is 1. The Bertz CT molecular complexity index is 1390.